The summed E-state index contributed by atoms with van der Waals surface area (Å²) in [5.41, 5.74) is 3.85. The number of anilines is 1. The molecule has 0 unspecified atom stereocenters. The summed E-state index contributed by atoms with van der Waals surface area (Å²) in [6.07, 6.45) is -1.39. The average molecular weight is 490 g/mol. The number of hydrogen-bond acceptors (Lipinski definition) is 4. The normalized spacial score (nSPS) is 15.5. The molecule has 35 heavy (non-hydrogen) atoms. The Hall–Kier alpha value is -3.29. The molecule has 0 aromatic heterocycles. The number of carbonyl (C=O) groups is 2. The number of ether oxygens (including phenoxy) is 2. The number of hydrogen-bond donors (Lipinski definition) is 0. The predicted molar refractivity (Wildman–Crippen MR) is 129 cm³/mol. The molecular weight excluding hydrogens is 459 g/mol. The molecule has 5 nitrogen and oxygen atoms in total. The zero-order valence-corrected chi connectivity index (χ0v) is 20.7. The maximum atomic E-state index is 13.0. The van der Waals surface area contributed by atoms with Gasteiger partial charge in [0.05, 0.1) is 7.11 Å². The number of halogens is 3. The van der Waals surface area contributed by atoms with Crippen molar-refractivity contribution in [2.24, 2.45) is 0 Å². The lowest BCUT2D eigenvalue weighted by Gasteiger charge is -2.41. The number of aryl methyl sites for hydroxylation is 1. The summed E-state index contributed by atoms with van der Waals surface area (Å²) in [4.78, 5) is 26.2. The third-order valence-electron chi connectivity index (χ3n) is 6.01. The summed E-state index contributed by atoms with van der Waals surface area (Å²) >= 11 is 0. The minimum absolute atomic E-state index is 0.00406. The van der Waals surface area contributed by atoms with Crippen LogP contribution >= 0.6 is 0 Å². The molecule has 0 saturated carbocycles. The van der Waals surface area contributed by atoms with Crippen LogP contribution in [0, 0.1) is 6.92 Å². The monoisotopic (exact) mass is 489 g/mol. The first kappa shape index (κ1) is 26.3. The molecule has 0 radical (unpaired) electrons. The Bertz CT molecular complexity index is 1170. The maximum absolute atomic E-state index is 13.0. The molecule has 0 N–H and O–H groups in total. The van der Waals surface area contributed by atoms with Crippen LogP contribution in [0.1, 0.15) is 50.8 Å². The largest absolute Gasteiger partial charge is 0.483 e. The van der Waals surface area contributed by atoms with Gasteiger partial charge in [-0.05, 0) is 67.3 Å². The molecule has 0 aliphatic carbocycles. The highest BCUT2D eigenvalue weighted by Gasteiger charge is 2.38. The average Bonchev–Trinajstić information content (AvgIpc) is 2.75. The number of esters is 1. The van der Waals surface area contributed by atoms with Crippen LogP contribution < -0.4 is 9.64 Å². The Kier molecular flexibility index (Phi) is 7.34. The van der Waals surface area contributed by atoms with Crippen molar-refractivity contribution >= 4 is 23.6 Å². The quantitative estimate of drug-likeness (QED) is 0.358. The van der Waals surface area contributed by atoms with E-state index in [1.165, 1.54) is 25.3 Å². The van der Waals surface area contributed by atoms with Gasteiger partial charge >= 0.3 is 12.1 Å². The fourth-order valence-electron chi connectivity index (χ4n) is 4.37. The van der Waals surface area contributed by atoms with E-state index in [1.807, 2.05) is 46.8 Å². The second-order valence-electron chi connectivity index (χ2n) is 9.62. The molecule has 8 heteroatoms. The number of alkyl halides is 3. The number of methoxy groups -OCH3 is 1. The minimum atomic E-state index is -4.50. The van der Waals surface area contributed by atoms with Crippen LogP contribution in [0.25, 0.3) is 17.2 Å². The van der Waals surface area contributed by atoms with E-state index < -0.39 is 18.8 Å². The van der Waals surface area contributed by atoms with Crippen molar-refractivity contribution in [3.05, 3.63) is 53.1 Å². The first-order valence-electron chi connectivity index (χ1n) is 11.3. The van der Waals surface area contributed by atoms with Crippen LogP contribution in [0.3, 0.4) is 0 Å². The summed E-state index contributed by atoms with van der Waals surface area (Å²) in [6, 6.07) is 8.43. The molecule has 0 saturated heterocycles. The molecule has 0 spiro atoms. The molecule has 2 aromatic rings. The fourth-order valence-corrected chi connectivity index (χ4v) is 4.37. The summed E-state index contributed by atoms with van der Waals surface area (Å²) in [5.74, 6) is -0.504. The molecule has 0 bridgehead atoms. The molecule has 0 fully saturated rings. The van der Waals surface area contributed by atoms with Crippen LogP contribution in [-0.2, 0) is 19.7 Å². The van der Waals surface area contributed by atoms with Crippen molar-refractivity contribution in [2.75, 3.05) is 18.6 Å². The van der Waals surface area contributed by atoms with Gasteiger partial charge in [0.1, 0.15) is 5.75 Å². The first-order chi connectivity index (χ1) is 16.2. The van der Waals surface area contributed by atoms with Crippen molar-refractivity contribution in [3.8, 4) is 16.9 Å². The number of fused-ring (bicyclic) bond motifs is 1. The third kappa shape index (κ3) is 5.86. The Morgan fingerprint density at radius 2 is 1.86 bits per heavy atom. The molecular formula is C27H30F3NO4. The van der Waals surface area contributed by atoms with Gasteiger partial charge < -0.3 is 14.4 Å². The highest BCUT2D eigenvalue weighted by atomic mass is 19.4. The Balaban J connectivity index is 2.22. The number of benzene rings is 2. The van der Waals surface area contributed by atoms with Crippen LogP contribution in [0.5, 0.6) is 5.75 Å². The molecule has 1 aliphatic heterocycles. The van der Waals surface area contributed by atoms with Crippen LogP contribution in [0.4, 0.5) is 18.9 Å². The highest BCUT2D eigenvalue weighted by Crippen LogP contribution is 2.45. The second-order valence-corrected chi connectivity index (χ2v) is 9.62. The smallest absolute Gasteiger partial charge is 0.422 e. The molecule has 2 aromatic carbocycles. The highest BCUT2D eigenvalue weighted by molar-refractivity contribution is 5.99. The fraction of sp³-hybridized carbons (Fsp3) is 0.407. The zero-order chi connectivity index (χ0) is 26.1. The standard InChI is InChI=1S/C27H30F3NO4/c1-16(2)31-22-13-19(17(3)11-21(22)26(4,5)14-24(31)32)20-12-18(8-10-25(33)34-6)7-9-23(20)35-15-27(28,29)30/h7-13,16H,14-15H2,1-6H3/b10-8+. The summed E-state index contributed by atoms with van der Waals surface area (Å²) in [6.45, 7) is 8.32. The molecule has 1 amide bonds. The Labute approximate surface area is 203 Å². The summed E-state index contributed by atoms with van der Waals surface area (Å²) in [7, 11) is 1.26. The van der Waals surface area contributed by atoms with Crippen molar-refractivity contribution in [1.29, 1.82) is 0 Å². The molecule has 3 rings (SSSR count). The lowest BCUT2D eigenvalue weighted by Crippen LogP contribution is -2.45. The van der Waals surface area contributed by atoms with E-state index in [1.54, 1.807) is 17.0 Å². The zero-order valence-electron chi connectivity index (χ0n) is 20.7. The topological polar surface area (TPSA) is 55.8 Å². The number of amides is 1. The minimum Gasteiger partial charge on any atom is -0.483 e. The SMILES string of the molecule is COC(=O)/C=C/c1ccc(OCC(F)(F)F)c(-c2cc3c(cc2C)C(C)(C)CC(=O)N3C(C)C)c1. The summed E-state index contributed by atoms with van der Waals surface area (Å²) < 4.78 is 48.6. The number of carbonyl (C=O) groups excluding carboxylic acids is 2. The van der Waals surface area contributed by atoms with Crippen molar-refractivity contribution < 1.29 is 32.2 Å². The maximum Gasteiger partial charge on any atom is 0.422 e. The lowest BCUT2D eigenvalue weighted by molar-refractivity contribution is -0.153. The van der Waals surface area contributed by atoms with E-state index in [0.29, 0.717) is 23.1 Å². The van der Waals surface area contributed by atoms with Gasteiger partial charge in [-0.1, -0.05) is 26.0 Å². The third-order valence-corrected chi connectivity index (χ3v) is 6.01. The molecule has 0 atom stereocenters. The van der Waals surface area contributed by atoms with E-state index >= 15 is 0 Å². The summed E-state index contributed by atoms with van der Waals surface area (Å²) in [5, 5.41) is 0. The van der Waals surface area contributed by atoms with Gasteiger partial charge in [-0.2, -0.15) is 13.2 Å². The van der Waals surface area contributed by atoms with Gasteiger partial charge in [0.25, 0.3) is 0 Å². The van der Waals surface area contributed by atoms with Gasteiger partial charge in [0, 0.05) is 35.2 Å². The number of nitrogens with zero attached hydrogens (tertiary/aromatic N) is 1. The second kappa shape index (κ2) is 9.76. The van der Waals surface area contributed by atoms with Crippen LogP contribution in [0.2, 0.25) is 0 Å². The Morgan fingerprint density at radius 3 is 2.46 bits per heavy atom. The van der Waals surface area contributed by atoms with Gasteiger partial charge in [-0.3, -0.25) is 4.79 Å². The molecule has 188 valence electrons. The van der Waals surface area contributed by atoms with Crippen LogP contribution in [-0.4, -0.2) is 37.8 Å². The van der Waals surface area contributed by atoms with Gasteiger partial charge in [0.15, 0.2) is 6.61 Å². The van der Waals surface area contributed by atoms with E-state index in [4.69, 9.17) is 4.74 Å². The van der Waals surface area contributed by atoms with Gasteiger partial charge in [-0.25, -0.2) is 4.79 Å². The van der Waals surface area contributed by atoms with Crippen molar-refractivity contribution in [2.45, 2.75) is 58.7 Å². The first-order valence-corrected chi connectivity index (χ1v) is 11.3. The Morgan fingerprint density at radius 1 is 1.17 bits per heavy atom. The van der Waals surface area contributed by atoms with Crippen LogP contribution in [0.15, 0.2) is 36.4 Å². The van der Waals surface area contributed by atoms with Gasteiger partial charge in [-0.15, -0.1) is 0 Å². The lowest BCUT2D eigenvalue weighted by atomic mass is 9.75. The van der Waals surface area contributed by atoms with E-state index in [9.17, 15) is 22.8 Å². The van der Waals surface area contributed by atoms with Gasteiger partial charge in [0.2, 0.25) is 5.91 Å². The number of rotatable bonds is 6. The van der Waals surface area contributed by atoms with E-state index in [2.05, 4.69) is 4.74 Å². The van der Waals surface area contributed by atoms with Crippen molar-refractivity contribution in [3.63, 3.8) is 0 Å². The van der Waals surface area contributed by atoms with Crippen molar-refractivity contribution in [1.82, 2.24) is 0 Å². The molecule has 1 aliphatic rings. The molecule has 1 heterocycles. The van der Waals surface area contributed by atoms with E-state index in [0.717, 1.165) is 16.8 Å². The van der Waals surface area contributed by atoms with E-state index in [-0.39, 0.29) is 23.1 Å². The predicted octanol–water partition coefficient (Wildman–Crippen LogP) is 6.21.